The van der Waals surface area contributed by atoms with Crippen molar-refractivity contribution in [3.8, 4) is 0 Å². The first kappa shape index (κ1) is 15.9. The van der Waals surface area contributed by atoms with Crippen LogP contribution in [-0.4, -0.2) is 18.6 Å². The van der Waals surface area contributed by atoms with Crippen LogP contribution in [0.15, 0.2) is 53.1 Å². The van der Waals surface area contributed by atoms with Gasteiger partial charge in [0, 0.05) is 18.3 Å². The second-order valence-electron chi connectivity index (χ2n) is 5.50. The number of furan rings is 1. The summed E-state index contributed by atoms with van der Waals surface area (Å²) in [5, 5.41) is 9.11. The number of hydrogen-bond donors (Lipinski definition) is 3. The molecule has 0 aliphatic carbocycles. The Bertz CT molecular complexity index is 553. The number of carbonyl (C=O) groups excluding carboxylic acids is 1. The van der Waals surface area contributed by atoms with Gasteiger partial charge >= 0.3 is 6.03 Å². The predicted molar refractivity (Wildman–Crippen MR) is 87.6 cm³/mol. The van der Waals surface area contributed by atoms with E-state index in [0.717, 1.165) is 11.4 Å². The van der Waals surface area contributed by atoms with Crippen LogP contribution in [0.3, 0.4) is 0 Å². The Labute approximate surface area is 131 Å². The summed E-state index contributed by atoms with van der Waals surface area (Å²) in [5.74, 6) is 1.13. The largest absolute Gasteiger partial charge is 0.467 e. The molecule has 0 saturated heterocycles. The highest BCUT2D eigenvalue weighted by atomic mass is 16.3. The molecule has 0 aliphatic rings. The third-order valence-corrected chi connectivity index (χ3v) is 3.42. The fourth-order valence-electron chi connectivity index (χ4n) is 2.05. The minimum Gasteiger partial charge on any atom is -0.467 e. The highest BCUT2D eigenvalue weighted by molar-refractivity contribution is 5.73. The third kappa shape index (κ3) is 5.16. The zero-order valence-corrected chi connectivity index (χ0v) is 13.0. The quantitative estimate of drug-likeness (QED) is 0.735. The van der Waals surface area contributed by atoms with Crippen molar-refractivity contribution in [2.45, 2.75) is 26.4 Å². The van der Waals surface area contributed by atoms with E-state index in [1.54, 1.807) is 12.3 Å². The lowest BCUT2D eigenvalue weighted by Crippen LogP contribution is -2.43. The zero-order chi connectivity index (χ0) is 15.8. The van der Waals surface area contributed by atoms with E-state index in [4.69, 9.17) is 4.42 Å². The van der Waals surface area contributed by atoms with Crippen molar-refractivity contribution < 1.29 is 9.21 Å². The average molecular weight is 301 g/mol. The Kier molecular flexibility index (Phi) is 5.89. The van der Waals surface area contributed by atoms with E-state index in [1.165, 1.54) is 0 Å². The van der Waals surface area contributed by atoms with Gasteiger partial charge in [-0.3, -0.25) is 0 Å². The summed E-state index contributed by atoms with van der Waals surface area (Å²) in [6.07, 6.45) is 1.59. The molecule has 5 nitrogen and oxygen atoms in total. The molecule has 0 radical (unpaired) electrons. The number of hydrogen-bond acceptors (Lipinski definition) is 3. The van der Waals surface area contributed by atoms with Gasteiger partial charge in [0.1, 0.15) is 5.76 Å². The van der Waals surface area contributed by atoms with Crippen molar-refractivity contribution in [3.63, 3.8) is 0 Å². The van der Waals surface area contributed by atoms with Crippen LogP contribution in [0.2, 0.25) is 0 Å². The van der Waals surface area contributed by atoms with Crippen LogP contribution in [0.4, 0.5) is 10.5 Å². The van der Waals surface area contributed by atoms with E-state index in [1.807, 2.05) is 36.4 Å². The third-order valence-electron chi connectivity index (χ3n) is 3.42. The molecule has 1 aromatic heterocycles. The summed E-state index contributed by atoms with van der Waals surface area (Å²) in [5.41, 5.74) is 1.05. The lowest BCUT2D eigenvalue weighted by Gasteiger charge is -2.24. The summed E-state index contributed by atoms with van der Waals surface area (Å²) < 4.78 is 5.17. The molecule has 1 unspecified atom stereocenters. The monoisotopic (exact) mass is 301 g/mol. The number of amides is 2. The lowest BCUT2D eigenvalue weighted by molar-refractivity contribution is 0.238. The van der Waals surface area contributed by atoms with Gasteiger partial charge in [0.2, 0.25) is 0 Å². The van der Waals surface area contributed by atoms with Crippen LogP contribution in [0.5, 0.6) is 0 Å². The van der Waals surface area contributed by atoms with E-state index in [-0.39, 0.29) is 12.1 Å². The molecule has 0 saturated carbocycles. The number of benzene rings is 1. The minimum atomic E-state index is -0.197. The molecule has 0 bridgehead atoms. The Morgan fingerprint density at radius 1 is 1.09 bits per heavy atom. The van der Waals surface area contributed by atoms with Gasteiger partial charge < -0.3 is 20.4 Å². The average Bonchev–Trinajstić information content (AvgIpc) is 3.03. The maximum atomic E-state index is 11.8. The SMILES string of the molecule is CC(C)C(CNC(=O)NCc1ccco1)Nc1ccccc1. The molecule has 0 fully saturated rings. The van der Waals surface area contributed by atoms with Crippen molar-refractivity contribution in [2.75, 3.05) is 11.9 Å². The first-order valence-electron chi connectivity index (χ1n) is 7.51. The van der Waals surface area contributed by atoms with Crippen molar-refractivity contribution in [1.29, 1.82) is 0 Å². The first-order valence-corrected chi connectivity index (χ1v) is 7.51. The molecular formula is C17H23N3O2. The molecule has 22 heavy (non-hydrogen) atoms. The van der Waals surface area contributed by atoms with E-state index in [9.17, 15) is 4.79 Å². The highest BCUT2D eigenvalue weighted by Crippen LogP contribution is 2.11. The Morgan fingerprint density at radius 3 is 2.50 bits per heavy atom. The number of rotatable bonds is 7. The summed E-state index contributed by atoms with van der Waals surface area (Å²) in [4.78, 5) is 11.8. The molecule has 0 aliphatic heterocycles. The summed E-state index contributed by atoms with van der Waals surface area (Å²) in [6.45, 7) is 5.19. The minimum absolute atomic E-state index is 0.164. The van der Waals surface area contributed by atoms with Crippen molar-refractivity contribution >= 4 is 11.7 Å². The van der Waals surface area contributed by atoms with Crippen molar-refractivity contribution in [1.82, 2.24) is 10.6 Å². The number of para-hydroxylation sites is 1. The Morgan fingerprint density at radius 2 is 1.86 bits per heavy atom. The van der Waals surface area contributed by atoms with E-state index < -0.39 is 0 Å². The lowest BCUT2D eigenvalue weighted by atomic mass is 10.0. The molecule has 0 spiro atoms. The second-order valence-corrected chi connectivity index (χ2v) is 5.50. The van der Waals surface area contributed by atoms with E-state index in [2.05, 4.69) is 29.8 Å². The molecule has 3 N–H and O–H groups in total. The molecular weight excluding hydrogens is 278 g/mol. The van der Waals surface area contributed by atoms with Gasteiger partial charge in [0.05, 0.1) is 12.8 Å². The molecule has 1 heterocycles. The van der Waals surface area contributed by atoms with E-state index >= 15 is 0 Å². The Hall–Kier alpha value is -2.43. The van der Waals surface area contributed by atoms with Crippen molar-refractivity contribution in [2.24, 2.45) is 5.92 Å². The van der Waals surface area contributed by atoms with Gasteiger partial charge in [0.25, 0.3) is 0 Å². The fraction of sp³-hybridized carbons (Fsp3) is 0.353. The van der Waals surface area contributed by atoms with Gasteiger partial charge in [-0.2, -0.15) is 0 Å². The maximum absolute atomic E-state index is 11.8. The molecule has 2 amide bonds. The van der Waals surface area contributed by atoms with Crippen LogP contribution in [0, 0.1) is 5.92 Å². The van der Waals surface area contributed by atoms with Gasteiger partial charge in [-0.15, -0.1) is 0 Å². The second kappa shape index (κ2) is 8.12. The van der Waals surface area contributed by atoms with Crippen LogP contribution in [0.1, 0.15) is 19.6 Å². The van der Waals surface area contributed by atoms with Gasteiger partial charge in [0.15, 0.2) is 0 Å². The smallest absolute Gasteiger partial charge is 0.315 e. The summed E-state index contributed by atoms with van der Waals surface area (Å²) >= 11 is 0. The maximum Gasteiger partial charge on any atom is 0.315 e. The van der Waals surface area contributed by atoms with Crippen molar-refractivity contribution in [3.05, 3.63) is 54.5 Å². The standard InChI is InChI=1S/C17H23N3O2/c1-13(2)16(20-14-7-4-3-5-8-14)12-19-17(21)18-11-15-9-6-10-22-15/h3-10,13,16,20H,11-12H2,1-2H3,(H2,18,19,21). The normalized spacial score (nSPS) is 12.0. The van der Waals surface area contributed by atoms with Gasteiger partial charge in [-0.25, -0.2) is 4.79 Å². The summed E-state index contributed by atoms with van der Waals surface area (Å²) in [7, 11) is 0. The number of urea groups is 1. The molecule has 2 aromatic rings. The fourth-order valence-corrected chi connectivity index (χ4v) is 2.05. The zero-order valence-electron chi connectivity index (χ0n) is 13.0. The number of nitrogens with one attached hydrogen (secondary N) is 3. The molecule has 118 valence electrons. The predicted octanol–water partition coefficient (Wildman–Crippen LogP) is 3.22. The van der Waals surface area contributed by atoms with Crippen LogP contribution in [-0.2, 0) is 6.54 Å². The molecule has 1 atom stereocenters. The number of carbonyl (C=O) groups is 1. The topological polar surface area (TPSA) is 66.3 Å². The van der Waals surface area contributed by atoms with Gasteiger partial charge in [-0.1, -0.05) is 32.0 Å². The van der Waals surface area contributed by atoms with Crippen LogP contribution >= 0.6 is 0 Å². The first-order chi connectivity index (χ1) is 10.6. The number of anilines is 1. The van der Waals surface area contributed by atoms with Gasteiger partial charge in [-0.05, 0) is 30.2 Å². The molecule has 1 aromatic carbocycles. The van der Waals surface area contributed by atoms with E-state index in [0.29, 0.717) is 19.0 Å². The van der Waals surface area contributed by atoms with Crippen LogP contribution < -0.4 is 16.0 Å². The Balaban J connectivity index is 1.77. The molecule has 2 rings (SSSR count). The molecule has 5 heteroatoms. The summed E-state index contributed by atoms with van der Waals surface area (Å²) in [6, 6.07) is 13.6. The van der Waals surface area contributed by atoms with Crippen LogP contribution in [0.25, 0.3) is 0 Å². The highest BCUT2D eigenvalue weighted by Gasteiger charge is 2.14.